The Kier molecular flexibility index (Phi) is 1.67. The molecule has 0 aromatic heterocycles. The van der Waals surface area contributed by atoms with Gasteiger partial charge in [-0.2, -0.15) is 0 Å². The second-order valence-corrected chi connectivity index (χ2v) is 4.71. The van der Waals surface area contributed by atoms with Gasteiger partial charge in [0, 0.05) is 20.0 Å². The summed E-state index contributed by atoms with van der Waals surface area (Å²) in [5, 5.41) is 0. The van der Waals surface area contributed by atoms with E-state index in [1.807, 2.05) is 4.90 Å². The zero-order valence-electron chi connectivity index (χ0n) is 7.97. The predicted octanol–water partition coefficient (Wildman–Crippen LogP) is 1.65. The Labute approximate surface area is 73.9 Å². The van der Waals surface area contributed by atoms with Crippen LogP contribution in [-0.2, 0) is 4.79 Å². The molecule has 12 heavy (non-hydrogen) atoms. The van der Waals surface area contributed by atoms with E-state index in [2.05, 4.69) is 6.92 Å². The van der Waals surface area contributed by atoms with Crippen molar-refractivity contribution in [1.29, 1.82) is 0 Å². The highest BCUT2D eigenvalue weighted by Crippen LogP contribution is 2.53. The Morgan fingerprint density at radius 3 is 2.67 bits per heavy atom. The van der Waals surface area contributed by atoms with Crippen LogP contribution in [0.4, 0.5) is 0 Å². The molecule has 0 radical (unpaired) electrons. The molecule has 1 aliphatic heterocycles. The molecule has 1 spiro atoms. The molecule has 0 aromatic rings. The summed E-state index contributed by atoms with van der Waals surface area (Å²) in [7, 11) is 0. The normalized spacial score (nSPS) is 32.2. The lowest BCUT2D eigenvalue weighted by molar-refractivity contribution is -0.132. The number of rotatable bonds is 0. The summed E-state index contributed by atoms with van der Waals surface area (Å²) in [5.74, 6) is 0.970. The summed E-state index contributed by atoms with van der Waals surface area (Å²) in [6.45, 7) is 5.97. The van der Waals surface area contributed by atoms with Crippen LogP contribution >= 0.6 is 0 Å². The van der Waals surface area contributed by atoms with E-state index < -0.39 is 0 Å². The minimum Gasteiger partial charge on any atom is -0.342 e. The first-order chi connectivity index (χ1) is 5.61. The van der Waals surface area contributed by atoms with E-state index in [4.69, 9.17) is 0 Å². The Bertz CT molecular complexity index is 208. The van der Waals surface area contributed by atoms with Crippen LogP contribution in [0.25, 0.3) is 0 Å². The van der Waals surface area contributed by atoms with Crippen molar-refractivity contribution in [3.63, 3.8) is 0 Å². The first-order valence-corrected chi connectivity index (χ1v) is 4.87. The maximum absolute atomic E-state index is 11.2. The van der Waals surface area contributed by atoms with Gasteiger partial charge in [0.05, 0.1) is 0 Å². The number of hydrogen-bond donors (Lipinski definition) is 0. The van der Waals surface area contributed by atoms with E-state index in [1.54, 1.807) is 6.92 Å². The van der Waals surface area contributed by atoms with E-state index in [9.17, 15) is 4.79 Å². The number of carbonyl (C=O) groups excluding carboxylic acids is 1. The van der Waals surface area contributed by atoms with Gasteiger partial charge in [-0.3, -0.25) is 4.79 Å². The fraction of sp³-hybridized carbons (Fsp3) is 0.900. The van der Waals surface area contributed by atoms with Gasteiger partial charge < -0.3 is 4.90 Å². The van der Waals surface area contributed by atoms with Gasteiger partial charge in [0.2, 0.25) is 5.91 Å². The standard InChI is InChI=1S/C10H17NO/c1-8-5-10(3-4-10)7-11(6-8)9(2)12/h8H,3-7H2,1-2H3. The molecular weight excluding hydrogens is 150 g/mol. The second-order valence-electron chi connectivity index (χ2n) is 4.71. The zero-order chi connectivity index (χ0) is 8.77. The summed E-state index contributed by atoms with van der Waals surface area (Å²) in [6.07, 6.45) is 4.04. The van der Waals surface area contributed by atoms with Crippen LogP contribution in [0.15, 0.2) is 0 Å². The number of piperidine rings is 1. The number of amides is 1. The molecule has 1 saturated heterocycles. The van der Waals surface area contributed by atoms with E-state index in [0.29, 0.717) is 11.3 Å². The lowest BCUT2D eigenvalue weighted by Crippen LogP contribution is -2.43. The molecule has 1 saturated carbocycles. The Morgan fingerprint density at radius 1 is 1.50 bits per heavy atom. The molecule has 2 rings (SSSR count). The molecule has 0 N–H and O–H groups in total. The Balaban J connectivity index is 2.04. The van der Waals surface area contributed by atoms with Crippen molar-refractivity contribution in [3.05, 3.63) is 0 Å². The van der Waals surface area contributed by atoms with Crippen LogP contribution in [0.1, 0.15) is 33.1 Å². The van der Waals surface area contributed by atoms with Crippen molar-refractivity contribution < 1.29 is 4.79 Å². The van der Waals surface area contributed by atoms with Crippen molar-refractivity contribution >= 4 is 5.91 Å². The molecular formula is C10H17NO. The van der Waals surface area contributed by atoms with Gasteiger partial charge in [-0.15, -0.1) is 0 Å². The van der Waals surface area contributed by atoms with Gasteiger partial charge in [0.25, 0.3) is 0 Å². The lowest BCUT2D eigenvalue weighted by Gasteiger charge is -2.36. The van der Waals surface area contributed by atoms with Crippen LogP contribution in [0, 0.1) is 11.3 Å². The molecule has 1 aliphatic carbocycles. The topological polar surface area (TPSA) is 20.3 Å². The minimum absolute atomic E-state index is 0.257. The molecule has 0 aromatic carbocycles. The zero-order valence-corrected chi connectivity index (χ0v) is 7.97. The molecule has 68 valence electrons. The van der Waals surface area contributed by atoms with Crippen LogP contribution in [0.2, 0.25) is 0 Å². The third-order valence-corrected chi connectivity index (χ3v) is 3.24. The van der Waals surface area contributed by atoms with Gasteiger partial charge in [-0.05, 0) is 30.6 Å². The monoisotopic (exact) mass is 167 g/mol. The van der Waals surface area contributed by atoms with Gasteiger partial charge in [0.1, 0.15) is 0 Å². The summed E-state index contributed by atoms with van der Waals surface area (Å²) in [4.78, 5) is 13.2. The molecule has 2 aliphatic rings. The molecule has 2 fully saturated rings. The third kappa shape index (κ3) is 1.35. The average molecular weight is 167 g/mol. The van der Waals surface area contributed by atoms with Crippen LogP contribution in [0.5, 0.6) is 0 Å². The fourth-order valence-corrected chi connectivity index (χ4v) is 2.49. The quantitative estimate of drug-likeness (QED) is 0.537. The highest BCUT2D eigenvalue weighted by Gasteiger charge is 2.47. The maximum atomic E-state index is 11.2. The molecule has 1 atom stereocenters. The van der Waals surface area contributed by atoms with Gasteiger partial charge in [0.15, 0.2) is 0 Å². The predicted molar refractivity (Wildman–Crippen MR) is 47.7 cm³/mol. The molecule has 0 bridgehead atoms. The smallest absolute Gasteiger partial charge is 0.219 e. The van der Waals surface area contributed by atoms with E-state index in [1.165, 1.54) is 19.3 Å². The molecule has 1 amide bonds. The van der Waals surface area contributed by atoms with Crippen LogP contribution in [-0.4, -0.2) is 23.9 Å². The van der Waals surface area contributed by atoms with Gasteiger partial charge in [-0.25, -0.2) is 0 Å². The molecule has 2 heteroatoms. The molecule has 1 heterocycles. The molecule has 1 unspecified atom stereocenters. The second kappa shape index (κ2) is 2.48. The highest BCUT2D eigenvalue weighted by molar-refractivity contribution is 5.73. The summed E-state index contributed by atoms with van der Waals surface area (Å²) in [5.41, 5.74) is 0.559. The van der Waals surface area contributed by atoms with Crippen LogP contribution in [0.3, 0.4) is 0 Å². The van der Waals surface area contributed by atoms with E-state index in [-0.39, 0.29) is 5.91 Å². The Morgan fingerprint density at radius 2 is 2.17 bits per heavy atom. The first-order valence-electron chi connectivity index (χ1n) is 4.87. The van der Waals surface area contributed by atoms with Crippen molar-refractivity contribution in [2.45, 2.75) is 33.1 Å². The van der Waals surface area contributed by atoms with Crippen molar-refractivity contribution in [2.75, 3.05) is 13.1 Å². The summed E-state index contributed by atoms with van der Waals surface area (Å²) >= 11 is 0. The van der Waals surface area contributed by atoms with Crippen molar-refractivity contribution in [1.82, 2.24) is 4.90 Å². The lowest BCUT2D eigenvalue weighted by atomic mass is 9.88. The minimum atomic E-state index is 0.257. The Hall–Kier alpha value is -0.530. The number of carbonyl (C=O) groups is 1. The summed E-state index contributed by atoms with van der Waals surface area (Å²) < 4.78 is 0. The van der Waals surface area contributed by atoms with E-state index >= 15 is 0 Å². The first kappa shape index (κ1) is 8.09. The average Bonchev–Trinajstić information content (AvgIpc) is 2.67. The van der Waals surface area contributed by atoms with Gasteiger partial charge in [-0.1, -0.05) is 6.92 Å². The summed E-state index contributed by atoms with van der Waals surface area (Å²) in [6, 6.07) is 0. The van der Waals surface area contributed by atoms with Crippen LogP contribution < -0.4 is 0 Å². The highest BCUT2D eigenvalue weighted by atomic mass is 16.2. The SMILES string of the molecule is CC(=O)N1CC(C)CC2(CC2)C1. The van der Waals surface area contributed by atoms with Gasteiger partial charge >= 0.3 is 0 Å². The van der Waals surface area contributed by atoms with Crippen molar-refractivity contribution in [3.8, 4) is 0 Å². The van der Waals surface area contributed by atoms with E-state index in [0.717, 1.165) is 13.1 Å². The number of hydrogen-bond acceptors (Lipinski definition) is 1. The maximum Gasteiger partial charge on any atom is 0.219 e. The number of nitrogens with zero attached hydrogens (tertiary/aromatic N) is 1. The number of likely N-dealkylation sites (tertiary alicyclic amines) is 1. The third-order valence-electron chi connectivity index (χ3n) is 3.24. The largest absolute Gasteiger partial charge is 0.342 e. The fourth-order valence-electron chi connectivity index (χ4n) is 2.49. The molecule has 2 nitrogen and oxygen atoms in total. The van der Waals surface area contributed by atoms with Crippen molar-refractivity contribution in [2.24, 2.45) is 11.3 Å².